The number of hydrogen-bond donors (Lipinski definition) is 6. The Morgan fingerprint density at radius 3 is 0.705 bits per heavy atom. The Labute approximate surface area is 885 Å². The van der Waals surface area contributed by atoms with Gasteiger partial charge in [0.25, 0.3) is 11.4 Å². The van der Waals surface area contributed by atoms with Crippen LogP contribution in [-0.2, 0) is 0 Å². The quantitative estimate of drug-likeness (QED) is 0.0347. The smallest absolute Gasteiger partial charge is 0.283 e. The second-order valence-electron chi connectivity index (χ2n) is 40.2. The number of nitro benzene ring substituents is 2. The number of fused-ring (bicyclic) bond motifs is 24. The highest BCUT2D eigenvalue weighted by Gasteiger charge is 2.35. The molecule has 0 atom stereocenters. The van der Waals surface area contributed by atoms with Gasteiger partial charge in [0, 0.05) is 98.6 Å². The SMILES string of the molecule is CC(C)(O)C(C)(C)O.CC(C)(O)C(C)(C)O.CC(C)(O)C(C)(C)O.Clc1cc2c3cc4ccccc4cc3n3c4cc5ccccc5cc4c(c1)c23.O=[N+]([O-])c1ccccc1-c1cc2c3cc4ccccc4cc3n3c4cc5ccccc5cc4c(c1)c23.O=[N+]([O-])c1ccccc1Br.[2H]C[B].[B][B].[B]c1cc2c3cc4ccccc4cc3n3c4cc5ccccc5cc4c(c1)c23.c1ccc(P(c2ccccc2)c2ccccc2)cc1. The van der Waals surface area contributed by atoms with Crippen molar-refractivity contribution in [3.63, 3.8) is 0 Å². The fourth-order valence-corrected chi connectivity index (χ4v) is 21.5. The van der Waals surface area contributed by atoms with Gasteiger partial charge in [-0.1, -0.05) is 297 Å². The van der Waals surface area contributed by atoms with E-state index in [1.807, 2.05) is 12.1 Å². The van der Waals surface area contributed by atoms with Crippen LogP contribution in [0.25, 0.3) is 190 Å². The standard InChI is InChI=1S/C32H18N2O2.C26H14BN.C26H14ClN.C18H15P.C6H4BrNO2.3C6H14O2.CH3B.B2/c35-34(36)29-12-6-5-11-24(29)23-15-27-25-13-19-7-1-3-9-21(19)17-30(25)33-31-18-22-10-4-2-8-20(22)14-26(31)28(16-23)32(27)33;2*27-19-13-22-20-9-15-5-1-3-7-17(15)11-24(20)28-25-12-18-8-4-2-6-16(18)10-21(25)23(14-19)26(22)28;1-4-10-16(11-5-1)19(17-12-6-2-7-13-17)18-14-8-3-9-15-18;7-5-3-1-2-4-6(5)8(9)10;3*1-5(2,7)6(3,4)8;2*1-2/h1-18H;2*1-14H;1-15H;1-4H;3*7-8H,1-4H3;1H3;/i;;;;;;;;1D;. The van der Waals surface area contributed by atoms with Gasteiger partial charge in [-0.25, -0.2) is 0 Å². The number of hydrogen-bond acceptors (Lipinski definition) is 10. The van der Waals surface area contributed by atoms with Gasteiger partial charge >= 0.3 is 0 Å². The lowest BCUT2D eigenvalue weighted by Gasteiger charge is -2.31. The monoisotopic (exact) mass is 2050 g/mol. The molecule has 734 valence electrons. The number of rotatable bonds is 9. The van der Waals surface area contributed by atoms with Gasteiger partial charge in [-0.05, 0) is 302 Å². The van der Waals surface area contributed by atoms with Gasteiger partial charge in [-0.3, -0.25) is 20.2 Å². The minimum Gasteiger partial charge on any atom is -0.387 e. The Morgan fingerprint density at radius 2 is 0.483 bits per heavy atom. The molecule has 0 aliphatic carbocycles. The van der Waals surface area contributed by atoms with Crippen molar-refractivity contribution >= 4 is 278 Å². The Kier molecular flexibility index (Phi) is 30.0. The molecule has 0 saturated carbocycles. The number of aromatic nitrogens is 3. The number of aliphatic hydroxyl groups is 6. The molecule has 20 aromatic carbocycles. The molecule has 15 nitrogen and oxygen atoms in total. The second-order valence-corrected chi connectivity index (χ2v) is 43.7. The molecule has 6 N–H and O–H groups in total. The Hall–Kier alpha value is -14.6. The van der Waals surface area contributed by atoms with E-state index in [9.17, 15) is 20.2 Å². The van der Waals surface area contributed by atoms with E-state index in [-0.39, 0.29) is 23.1 Å². The summed E-state index contributed by atoms with van der Waals surface area (Å²) in [5, 5.41) is 111. The van der Waals surface area contributed by atoms with E-state index in [4.69, 9.17) is 51.5 Å². The summed E-state index contributed by atoms with van der Waals surface area (Å²) in [5.41, 5.74) is 7.46. The number of benzene rings is 20. The molecule has 22 heteroatoms. The van der Waals surface area contributed by atoms with E-state index in [1.54, 1.807) is 113 Å². The van der Waals surface area contributed by atoms with E-state index in [2.05, 4.69) is 398 Å². The van der Waals surface area contributed by atoms with Crippen molar-refractivity contribution in [3.05, 3.63) is 424 Å². The van der Waals surface area contributed by atoms with Gasteiger partial charge in [0.2, 0.25) is 0 Å². The van der Waals surface area contributed by atoms with Crippen LogP contribution in [0.4, 0.5) is 11.4 Å². The highest BCUT2D eigenvalue weighted by molar-refractivity contribution is 9.10. The summed E-state index contributed by atoms with van der Waals surface area (Å²) in [6.07, 6.45) is 0. The van der Waals surface area contributed by atoms with Gasteiger partial charge in [0.05, 0.1) is 111 Å². The number of nitrogens with zero attached hydrogens (tertiary/aromatic N) is 5. The molecule has 0 aliphatic rings. The van der Waals surface area contributed by atoms with E-state index < -0.39 is 46.5 Å². The molecule has 6 heterocycles. The average molecular weight is 2060 g/mol. The summed E-state index contributed by atoms with van der Waals surface area (Å²) in [6, 6.07) is 137. The van der Waals surface area contributed by atoms with E-state index >= 15 is 0 Å². The van der Waals surface area contributed by atoms with Crippen molar-refractivity contribution in [2.45, 2.75) is 123 Å². The molecule has 0 saturated heterocycles. The molecule has 6 aromatic heterocycles. The fourth-order valence-electron chi connectivity index (χ4n) is 18.5. The Bertz CT molecular complexity index is 8640. The highest BCUT2D eigenvalue weighted by Crippen LogP contribution is 2.49. The third kappa shape index (κ3) is 21.3. The highest BCUT2D eigenvalue weighted by atomic mass is 79.9. The molecule has 0 spiro atoms. The first-order valence-electron chi connectivity index (χ1n) is 49.6. The van der Waals surface area contributed by atoms with Crippen LogP contribution in [0.2, 0.25) is 11.8 Å². The number of halogens is 2. The maximum Gasteiger partial charge on any atom is 0.283 e. The summed E-state index contributed by atoms with van der Waals surface area (Å²) in [4.78, 5) is 21.4. The molecule has 26 aromatic rings. The zero-order valence-electron chi connectivity index (χ0n) is 85.8. The zero-order valence-corrected chi connectivity index (χ0v) is 88.0. The van der Waals surface area contributed by atoms with Crippen LogP contribution in [0.1, 0.15) is 84.5 Å². The third-order valence-electron chi connectivity index (χ3n) is 28.4. The van der Waals surface area contributed by atoms with Crippen molar-refractivity contribution in [2.24, 2.45) is 0 Å². The van der Waals surface area contributed by atoms with Crippen molar-refractivity contribution < 1.29 is 41.9 Å². The van der Waals surface area contributed by atoms with Crippen LogP contribution in [-0.4, -0.2) is 118 Å². The third-order valence-corrected chi connectivity index (χ3v) is 31.7. The van der Waals surface area contributed by atoms with Crippen molar-refractivity contribution in [1.82, 2.24) is 13.2 Å². The lowest BCUT2D eigenvalue weighted by atomic mass is 9.81. The molecule has 0 bridgehead atoms. The molecule has 0 amide bonds. The second kappa shape index (κ2) is 42.9. The van der Waals surface area contributed by atoms with Crippen molar-refractivity contribution in [1.29, 1.82) is 0 Å². The molecule has 0 unspecified atom stereocenters. The lowest BCUT2D eigenvalue weighted by Crippen LogP contribution is -2.44. The van der Waals surface area contributed by atoms with Gasteiger partial charge in [0.15, 0.2) is 0 Å². The Morgan fingerprint density at radius 1 is 0.289 bits per heavy atom. The van der Waals surface area contributed by atoms with Crippen LogP contribution in [0.3, 0.4) is 0 Å². The van der Waals surface area contributed by atoms with Crippen LogP contribution >= 0.6 is 35.5 Å². The van der Waals surface area contributed by atoms with Gasteiger partial charge in [-0.2, -0.15) is 0 Å². The van der Waals surface area contributed by atoms with Gasteiger partial charge in [-0.15, -0.1) is 0 Å². The molecule has 0 fully saturated rings. The molecule has 0 aliphatic heterocycles. The fraction of sp³-hybridized carbons (Fsp3) is 0.150. The summed E-state index contributed by atoms with van der Waals surface area (Å²) < 4.78 is 13.7. The molecule has 149 heavy (non-hydrogen) atoms. The van der Waals surface area contributed by atoms with Gasteiger partial charge in [0.1, 0.15) is 7.85 Å². The largest absolute Gasteiger partial charge is 0.387 e. The Balaban J connectivity index is 0.000000123. The first-order valence-corrected chi connectivity index (χ1v) is 51.4. The van der Waals surface area contributed by atoms with Crippen molar-refractivity contribution in [2.75, 3.05) is 0 Å². The summed E-state index contributed by atoms with van der Waals surface area (Å²) in [5.74, 6) is 0. The number of para-hydroxylation sites is 2. The zero-order chi connectivity index (χ0) is 107. The average Bonchev–Trinajstić information content (AvgIpc) is 1.54. The van der Waals surface area contributed by atoms with Crippen LogP contribution in [0.5, 0.6) is 0 Å². The summed E-state index contributed by atoms with van der Waals surface area (Å²) >= 11 is 9.63. The van der Waals surface area contributed by atoms with E-state index in [0.717, 1.165) is 54.1 Å². The molecule has 8 radical (unpaired) electrons. The van der Waals surface area contributed by atoms with E-state index in [0.29, 0.717) is 10.0 Å². The van der Waals surface area contributed by atoms with Gasteiger partial charge < -0.3 is 43.8 Å². The van der Waals surface area contributed by atoms with Crippen LogP contribution < -0.4 is 21.4 Å². The lowest BCUT2D eigenvalue weighted by molar-refractivity contribution is -0.385. The van der Waals surface area contributed by atoms with Crippen LogP contribution in [0, 0.1) is 20.2 Å². The summed E-state index contributed by atoms with van der Waals surface area (Å²) in [6.45, 7) is 18.9. The van der Waals surface area contributed by atoms with Crippen LogP contribution in [0.15, 0.2) is 399 Å². The summed E-state index contributed by atoms with van der Waals surface area (Å²) in [7, 11) is 18.4. The maximum absolute atomic E-state index is 11.9. The topological polar surface area (TPSA) is 221 Å². The minimum atomic E-state index is -1.01. The minimum absolute atomic E-state index is 0. The predicted molar refractivity (Wildman–Crippen MR) is 638 cm³/mol. The first-order chi connectivity index (χ1) is 71.6. The molecule has 26 rings (SSSR count). The normalized spacial score (nSPS) is 12.0. The number of nitro groups is 2. The molecular weight excluding hydrogens is 1950 g/mol. The first kappa shape index (κ1) is 104. The maximum atomic E-state index is 11.9. The molecular formula is C127H110B4BrClN5O10P. The van der Waals surface area contributed by atoms with Crippen molar-refractivity contribution in [3.8, 4) is 11.1 Å². The van der Waals surface area contributed by atoms with E-state index in [1.165, 1.54) is 163 Å². The predicted octanol–water partition coefficient (Wildman–Crippen LogP) is 29.3.